The Morgan fingerprint density at radius 3 is 2.44 bits per heavy atom. The Kier molecular flexibility index (Phi) is 3.49. The van der Waals surface area contributed by atoms with Gasteiger partial charge in [0.25, 0.3) is 0 Å². The van der Waals surface area contributed by atoms with Crippen LogP contribution in [0.1, 0.15) is 12.0 Å². The summed E-state index contributed by atoms with van der Waals surface area (Å²) in [6, 6.07) is 4.79. The van der Waals surface area contributed by atoms with E-state index in [0.717, 1.165) is 18.7 Å². The lowest BCUT2D eigenvalue weighted by Gasteiger charge is -2.22. The maximum atomic E-state index is 12.3. The Labute approximate surface area is 103 Å². The molecule has 3 nitrogen and oxygen atoms in total. The fourth-order valence-corrected chi connectivity index (χ4v) is 1.93. The summed E-state index contributed by atoms with van der Waals surface area (Å²) in [5.41, 5.74) is -0.916. The van der Waals surface area contributed by atoms with E-state index >= 15 is 0 Å². The Hall–Kier alpha value is -1.27. The molecule has 0 aromatic heterocycles. The summed E-state index contributed by atoms with van der Waals surface area (Å²) in [4.78, 5) is 0. The first-order valence-corrected chi connectivity index (χ1v) is 5.73. The van der Waals surface area contributed by atoms with Crippen LogP contribution in [0.15, 0.2) is 24.3 Å². The largest absolute Gasteiger partial charge is 0.416 e. The zero-order chi connectivity index (χ0) is 13.2. The number of aliphatic hydroxyl groups is 1. The van der Waals surface area contributed by atoms with Crippen molar-refractivity contribution >= 4 is 5.69 Å². The molecule has 1 unspecified atom stereocenters. The Morgan fingerprint density at radius 2 is 1.94 bits per heavy atom. The van der Waals surface area contributed by atoms with Crippen LogP contribution in [0.5, 0.6) is 0 Å². The van der Waals surface area contributed by atoms with E-state index in [4.69, 9.17) is 0 Å². The van der Waals surface area contributed by atoms with Gasteiger partial charge in [0.05, 0.1) is 11.2 Å². The van der Waals surface area contributed by atoms with Crippen molar-refractivity contribution in [3.8, 4) is 0 Å². The van der Waals surface area contributed by atoms with Gasteiger partial charge in [-0.1, -0.05) is 0 Å². The maximum Gasteiger partial charge on any atom is 0.416 e. The fourth-order valence-electron chi connectivity index (χ4n) is 1.93. The highest BCUT2D eigenvalue weighted by molar-refractivity contribution is 5.45. The number of halogens is 3. The Balaban J connectivity index is 1.94. The second kappa shape index (κ2) is 4.78. The molecule has 1 aromatic carbocycles. The average molecular weight is 260 g/mol. The van der Waals surface area contributed by atoms with Crippen LogP contribution in [-0.4, -0.2) is 30.3 Å². The van der Waals surface area contributed by atoms with Gasteiger partial charge in [-0.2, -0.15) is 13.2 Å². The molecule has 0 saturated carbocycles. The van der Waals surface area contributed by atoms with E-state index in [-0.39, 0.29) is 0 Å². The van der Waals surface area contributed by atoms with Gasteiger partial charge in [-0.3, -0.25) is 0 Å². The molecule has 1 aliphatic rings. The van der Waals surface area contributed by atoms with E-state index in [1.54, 1.807) is 0 Å². The highest BCUT2D eigenvalue weighted by Gasteiger charge is 2.31. The van der Waals surface area contributed by atoms with Crippen LogP contribution in [0.2, 0.25) is 0 Å². The number of β-amino-alcohol motifs (C(OH)–C–C–N with tert-alkyl or cyclic N) is 1. The first-order chi connectivity index (χ1) is 8.39. The molecular formula is C12H15F3N2O. The van der Waals surface area contributed by atoms with Crippen molar-refractivity contribution in [3.63, 3.8) is 0 Å². The molecule has 0 radical (unpaired) electrons. The summed E-state index contributed by atoms with van der Waals surface area (Å²) in [6.07, 6.45) is -3.67. The van der Waals surface area contributed by atoms with Crippen molar-refractivity contribution in [1.82, 2.24) is 5.32 Å². The number of hydrogen-bond acceptors (Lipinski definition) is 3. The van der Waals surface area contributed by atoms with Crippen molar-refractivity contribution < 1.29 is 18.3 Å². The molecule has 0 bridgehead atoms. The lowest BCUT2D eigenvalue weighted by molar-refractivity contribution is -0.137. The predicted molar refractivity (Wildman–Crippen MR) is 62.4 cm³/mol. The molecule has 6 heteroatoms. The third kappa shape index (κ3) is 3.14. The summed E-state index contributed by atoms with van der Waals surface area (Å²) in [5.74, 6) is 0. The Morgan fingerprint density at radius 1 is 1.28 bits per heavy atom. The third-order valence-corrected chi connectivity index (χ3v) is 3.05. The van der Waals surface area contributed by atoms with Crippen molar-refractivity contribution in [3.05, 3.63) is 29.8 Å². The maximum absolute atomic E-state index is 12.3. The van der Waals surface area contributed by atoms with Gasteiger partial charge in [-0.05, 0) is 37.2 Å². The second-order valence-corrected chi connectivity index (χ2v) is 4.58. The van der Waals surface area contributed by atoms with E-state index in [1.165, 1.54) is 12.1 Å². The normalized spacial score (nSPS) is 24.2. The van der Waals surface area contributed by atoms with Crippen LogP contribution in [-0.2, 0) is 6.18 Å². The van der Waals surface area contributed by atoms with Crippen LogP contribution in [0.3, 0.4) is 0 Å². The molecule has 1 aromatic rings. The fraction of sp³-hybridized carbons (Fsp3) is 0.500. The highest BCUT2D eigenvalue weighted by atomic mass is 19.4. The highest BCUT2D eigenvalue weighted by Crippen LogP contribution is 2.29. The number of alkyl halides is 3. The smallest absolute Gasteiger partial charge is 0.387 e. The zero-order valence-electron chi connectivity index (χ0n) is 9.72. The topological polar surface area (TPSA) is 44.3 Å². The predicted octanol–water partition coefficient (Wildman–Crippen LogP) is 1.84. The molecule has 1 fully saturated rings. The van der Waals surface area contributed by atoms with E-state index < -0.39 is 17.3 Å². The molecule has 1 aliphatic heterocycles. The molecule has 3 N–H and O–H groups in total. The number of benzene rings is 1. The minimum absolute atomic E-state index is 0.325. The SMILES string of the molecule is OC1(CNc2ccc(C(F)(F)F)cc2)CCNC1. The lowest BCUT2D eigenvalue weighted by atomic mass is 10.0. The third-order valence-electron chi connectivity index (χ3n) is 3.05. The zero-order valence-corrected chi connectivity index (χ0v) is 9.72. The number of anilines is 1. The van der Waals surface area contributed by atoms with Gasteiger partial charge in [0.2, 0.25) is 0 Å². The van der Waals surface area contributed by atoms with Gasteiger partial charge < -0.3 is 15.7 Å². The Bertz CT molecular complexity index is 397. The molecule has 2 rings (SSSR count). The minimum atomic E-state index is -4.31. The first kappa shape index (κ1) is 13.2. The molecule has 0 amide bonds. The number of nitrogens with one attached hydrogen (secondary N) is 2. The van der Waals surface area contributed by atoms with Crippen molar-refractivity contribution in [1.29, 1.82) is 0 Å². The molecule has 0 spiro atoms. The monoisotopic (exact) mass is 260 g/mol. The van der Waals surface area contributed by atoms with Crippen molar-refractivity contribution in [2.24, 2.45) is 0 Å². The van der Waals surface area contributed by atoms with Gasteiger partial charge in [0.1, 0.15) is 0 Å². The van der Waals surface area contributed by atoms with Gasteiger partial charge >= 0.3 is 6.18 Å². The standard InChI is InChI=1S/C12H15F3N2O/c13-12(14,15)9-1-3-10(4-2-9)17-8-11(18)5-6-16-7-11/h1-4,16-18H,5-8H2. The average Bonchev–Trinajstić information content (AvgIpc) is 2.74. The molecule has 1 saturated heterocycles. The number of hydrogen-bond donors (Lipinski definition) is 3. The van der Waals surface area contributed by atoms with Gasteiger partial charge in [-0.15, -0.1) is 0 Å². The number of rotatable bonds is 3. The summed E-state index contributed by atoms with van der Waals surface area (Å²) in [7, 11) is 0. The molecule has 1 heterocycles. The van der Waals surface area contributed by atoms with Gasteiger partial charge in [0, 0.05) is 18.8 Å². The van der Waals surface area contributed by atoms with Crippen LogP contribution in [0.25, 0.3) is 0 Å². The van der Waals surface area contributed by atoms with Crippen LogP contribution in [0.4, 0.5) is 18.9 Å². The quantitative estimate of drug-likeness (QED) is 0.777. The van der Waals surface area contributed by atoms with E-state index in [9.17, 15) is 18.3 Å². The van der Waals surface area contributed by atoms with Crippen LogP contribution >= 0.6 is 0 Å². The lowest BCUT2D eigenvalue weighted by Crippen LogP contribution is -2.38. The molecule has 100 valence electrons. The summed E-state index contributed by atoms with van der Waals surface area (Å²) in [6.45, 7) is 1.58. The first-order valence-electron chi connectivity index (χ1n) is 5.73. The van der Waals surface area contributed by atoms with E-state index in [1.807, 2.05) is 0 Å². The van der Waals surface area contributed by atoms with Crippen molar-refractivity contribution in [2.75, 3.05) is 25.0 Å². The van der Waals surface area contributed by atoms with E-state index in [2.05, 4.69) is 10.6 Å². The molecule has 18 heavy (non-hydrogen) atoms. The van der Waals surface area contributed by atoms with Crippen LogP contribution in [0, 0.1) is 0 Å². The minimum Gasteiger partial charge on any atom is -0.387 e. The molecular weight excluding hydrogens is 245 g/mol. The summed E-state index contributed by atoms with van der Waals surface area (Å²) < 4.78 is 37.0. The summed E-state index contributed by atoms with van der Waals surface area (Å²) in [5, 5.41) is 16.0. The molecule has 0 aliphatic carbocycles. The van der Waals surface area contributed by atoms with Crippen LogP contribution < -0.4 is 10.6 Å². The molecule has 1 atom stereocenters. The van der Waals surface area contributed by atoms with Gasteiger partial charge in [-0.25, -0.2) is 0 Å². The second-order valence-electron chi connectivity index (χ2n) is 4.58. The van der Waals surface area contributed by atoms with Crippen molar-refractivity contribution in [2.45, 2.75) is 18.2 Å². The summed E-state index contributed by atoms with van der Waals surface area (Å²) >= 11 is 0. The van der Waals surface area contributed by atoms with E-state index in [0.29, 0.717) is 25.2 Å². The van der Waals surface area contributed by atoms with Gasteiger partial charge in [0.15, 0.2) is 0 Å².